The van der Waals surface area contributed by atoms with Gasteiger partial charge in [-0.05, 0) is 56.2 Å². The number of carbonyl (C=O) groups is 1. The molecule has 2 heterocycles. The Morgan fingerprint density at radius 2 is 1.58 bits per heavy atom. The van der Waals surface area contributed by atoms with Crippen LogP contribution in [0.25, 0.3) is 11.3 Å². The Morgan fingerprint density at radius 1 is 0.903 bits per heavy atom. The number of anilines is 1. The van der Waals surface area contributed by atoms with Gasteiger partial charge in [-0.1, -0.05) is 36.8 Å². The molecule has 2 aromatic carbocycles. The molecule has 0 radical (unpaired) electrons. The molecule has 0 bridgehead atoms. The molecule has 1 amide bonds. The van der Waals surface area contributed by atoms with Crippen LogP contribution in [0.15, 0.2) is 71.6 Å². The molecule has 7 heteroatoms. The highest BCUT2D eigenvalue weighted by Gasteiger charge is 2.25. The predicted molar refractivity (Wildman–Crippen MR) is 121 cm³/mol. The lowest BCUT2D eigenvalue weighted by molar-refractivity contribution is 0.102. The topological polar surface area (TPSA) is 79.4 Å². The molecule has 1 aliphatic heterocycles. The molecule has 3 aromatic rings. The lowest BCUT2D eigenvalue weighted by Crippen LogP contribution is -2.35. The van der Waals surface area contributed by atoms with Crippen molar-refractivity contribution >= 4 is 21.6 Å². The van der Waals surface area contributed by atoms with Crippen LogP contribution in [0, 0.1) is 6.92 Å². The monoisotopic (exact) mass is 435 g/mol. The second-order valence-corrected chi connectivity index (χ2v) is 9.58. The molecule has 6 nitrogen and oxygen atoms in total. The van der Waals surface area contributed by atoms with E-state index < -0.39 is 10.0 Å². The fourth-order valence-corrected chi connectivity index (χ4v) is 5.25. The second kappa shape index (κ2) is 8.99. The zero-order chi connectivity index (χ0) is 21.8. The third-order valence-electron chi connectivity index (χ3n) is 5.46. The van der Waals surface area contributed by atoms with Crippen molar-refractivity contribution in [3.8, 4) is 11.3 Å². The molecule has 1 fully saturated rings. The van der Waals surface area contributed by atoms with Gasteiger partial charge >= 0.3 is 0 Å². The van der Waals surface area contributed by atoms with E-state index >= 15 is 0 Å². The normalized spacial score (nSPS) is 14.9. The quantitative estimate of drug-likeness (QED) is 0.641. The van der Waals surface area contributed by atoms with Gasteiger partial charge in [0.15, 0.2) is 0 Å². The molecule has 0 aliphatic carbocycles. The van der Waals surface area contributed by atoms with E-state index in [2.05, 4.69) is 10.3 Å². The number of benzene rings is 2. The van der Waals surface area contributed by atoms with Crippen molar-refractivity contribution in [2.45, 2.75) is 31.1 Å². The zero-order valence-corrected chi connectivity index (χ0v) is 18.2. The molecule has 0 saturated carbocycles. The molecular formula is C24H25N3O3S. The largest absolute Gasteiger partial charge is 0.322 e. The number of sulfonamides is 1. The molecule has 160 valence electrons. The number of hydrogen-bond acceptors (Lipinski definition) is 4. The third kappa shape index (κ3) is 4.68. The number of carbonyl (C=O) groups excluding carboxylic acids is 1. The lowest BCUT2D eigenvalue weighted by Gasteiger charge is -2.25. The van der Waals surface area contributed by atoms with Gasteiger partial charge in [0.2, 0.25) is 10.0 Å². The number of nitrogens with one attached hydrogen (secondary N) is 1. The Morgan fingerprint density at radius 3 is 2.23 bits per heavy atom. The van der Waals surface area contributed by atoms with E-state index in [1.54, 1.807) is 37.3 Å². The second-order valence-electron chi connectivity index (χ2n) is 7.64. The molecule has 1 saturated heterocycles. The first-order valence-corrected chi connectivity index (χ1v) is 11.8. The summed E-state index contributed by atoms with van der Waals surface area (Å²) in [5.74, 6) is -0.281. The molecule has 1 N–H and O–H groups in total. The van der Waals surface area contributed by atoms with E-state index in [1.165, 1.54) is 4.31 Å². The van der Waals surface area contributed by atoms with Gasteiger partial charge in [-0.15, -0.1) is 0 Å². The first-order chi connectivity index (χ1) is 14.9. The summed E-state index contributed by atoms with van der Waals surface area (Å²) in [6.07, 6.45) is 2.85. The maximum Gasteiger partial charge on any atom is 0.257 e. The molecule has 31 heavy (non-hydrogen) atoms. The standard InChI is InChI=1S/C24H25N3O3S/c1-18-22(14-15-23(25-18)19-8-4-2-5-9-19)24(28)26-20-10-12-21(13-11-20)31(29,30)27-16-6-3-7-17-27/h2,4-5,8-15H,3,6-7,16-17H2,1H3,(H,26,28). The minimum absolute atomic E-state index is 0.248. The molecule has 4 rings (SSSR count). The highest BCUT2D eigenvalue weighted by molar-refractivity contribution is 7.89. The summed E-state index contributed by atoms with van der Waals surface area (Å²) in [6.45, 7) is 2.92. The van der Waals surface area contributed by atoms with Crippen molar-refractivity contribution in [1.29, 1.82) is 0 Å². The fourth-order valence-electron chi connectivity index (χ4n) is 3.73. The van der Waals surface area contributed by atoms with Crippen molar-refractivity contribution in [1.82, 2.24) is 9.29 Å². The van der Waals surface area contributed by atoms with Crippen LogP contribution in [-0.4, -0.2) is 36.7 Å². The maximum atomic E-state index is 12.8. The summed E-state index contributed by atoms with van der Waals surface area (Å²) in [5.41, 5.74) is 3.44. The zero-order valence-electron chi connectivity index (χ0n) is 17.4. The Kier molecular flexibility index (Phi) is 6.15. The molecule has 0 atom stereocenters. The lowest BCUT2D eigenvalue weighted by atomic mass is 10.1. The number of amides is 1. The Balaban J connectivity index is 1.47. The Hall–Kier alpha value is -3.03. The SMILES string of the molecule is Cc1nc(-c2ccccc2)ccc1C(=O)Nc1ccc(S(=O)(=O)N2CCCCC2)cc1. The average molecular weight is 436 g/mol. The smallest absolute Gasteiger partial charge is 0.257 e. The van der Waals surface area contributed by atoms with Crippen LogP contribution in [0.1, 0.15) is 35.3 Å². The van der Waals surface area contributed by atoms with E-state index in [0.717, 1.165) is 30.5 Å². The van der Waals surface area contributed by atoms with Crippen molar-refractivity contribution in [2.24, 2.45) is 0 Å². The average Bonchev–Trinajstić information content (AvgIpc) is 2.80. The van der Waals surface area contributed by atoms with Crippen LogP contribution in [-0.2, 0) is 10.0 Å². The van der Waals surface area contributed by atoms with Gasteiger partial charge in [0.05, 0.1) is 21.8 Å². The Bertz CT molecular complexity index is 1170. The van der Waals surface area contributed by atoms with Crippen LogP contribution in [0.2, 0.25) is 0 Å². The number of aromatic nitrogens is 1. The number of hydrogen-bond donors (Lipinski definition) is 1. The molecular weight excluding hydrogens is 410 g/mol. The van der Waals surface area contributed by atoms with Crippen LogP contribution < -0.4 is 5.32 Å². The van der Waals surface area contributed by atoms with Gasteiger partial charge in [-0.25, -0.2) is 8.42 Å². The van der Waals surface area contributed by atoms with E-state index in [9.17, 15) is 13.2 Å². The summed E-state index contributed by atoms with van der Waals surface area (Å²) >= 11 is 0. The fraction of sp³-hybridized carbons (Fsp3) is 0.250. The van der Waals surface area contributed by atoms with Gasteiger partial charge in [0.25, 0.3) is 5.91 Å². The van der Waals surface area contributed by atoms with E-state index in [-0.39, 0.29) is 10.8 Å². The van der Waals surface area contributed by atoms with E-state index in [0.29, 0.717) is 30.0 Å². The van der Waals surface area contributed by atoms with Crippen molar-refractivity contribution in [3.63, 3.8) is 0 Å². The summed E-state index contributed by atoms with van der Waals surface area (Å²) in [4.78, 5) is 17.5. The summed E-state index contributed by atoms with van der Waals surface area (Å²) in [5, 5.41) is 2.83. The van der Waals surface area contributed by atoms with Gasteiger partial charge in [-0.2, -0.15) is 4.31 Å². The first-order valence-electron chi connectivity index (χ1n) is 10.4. The van der Waals surface area contributed by atoms with Crippen molar-refractivity contribution in [2.75, 3.05) is 18.4 Å². The first kappa shape index (κ1) is 21.2. The van der Waals surface area contributed by atoms with Crippen molar-refractivity contribution < 1.29 is 13.2 Å². The van der Waals surface area contributed by atoms with Crippen LogP contribution in [0.3, 0.4) is 0 Å². The number of aryl methyl sites for hydroxylation is 1. The number of nitrogens with zero attached hydrogens (tertiary/aromatic N) is 2. The van der Waals surface area contributed by atoms with E-state index in [4.69, 9.17) is 0 Å². The number of piperidine rings is 1. The highest BCUT2D eigenvalue weighted by Crippen LogP contribution is 2.23. The maximum absolute atomic E-state index is 12.8. The number of pyridine rings is 1. The van der Waals surface area contributed by atoms with Gasteiger partial charge in [-0.3, -0.25) is 9.78 Å². The summed E-state index contributed by atoms with van der Waals surface area (Å²) in [6, 6.07) is 19.7. The minimum Gasteiger partial charge on any atom is -0.322 e. The van der Waals surface area contributed by atoms with Crippen LogP contribution in [0.5, 0.6) is 0 Å². The summed E-state index contributed by atoms with van der Waals surface area (Å²) in [7, 11) is -3.49. The van der Waals surface area contributed by atoms with Gasteiger partial charge in [0, 0.05) is 24.3 Å². The molecule has 1 aliphatic rings. The molecule has 1 aromatic heterocycles. The van der Waals surface area contributed by atoms with E-state index in [1.807, 2.05) is 36.4 Å². The highest BCUT2D eigenvalue weighted by atomic mass is 32.2. The van der Waals surface area contributed by atoms with Gasteiger partial charge in [0.1, 0.15) is 0 Å². The van der Waals surface area contributed by atoms with Gasteiger partial charge < -0.3 is 5.32 Å². The molecule has 0 spiro atoms. The summed E-state index contributed by atoms with van der Waals surface area (Å²) < 4.78 is 27.1. The number of rotatable bonds is 5. The Labute approximate surface area is 183 Å². The van der Waals surface area contributed by atoms with Crippen molar-refractivity contribution in [3.05, 3.63) is 78.0 Å². The third-order valence-corrected chi connectivity index (χ3v) is 7.38. The molecule has 0 unspecified atom stereocenters. The minimum atomic E-state index is -3.49. The van der Waals surface area contributed by atoms with Crippen LogP contribution in [0.4, 0.5) is 5.69 Å². The predicted octanol–water partition coefficient (Wildman–Crippen LogP) is 4.48. The van der Waals surface area contributed by atoms with Crippen LogP contribution >= 0.6 is 0 Å².